The minimum Gasteiger partial charge on any atom is -0.345 e. The number of carbonyl (C=O) groups excluding carboxylic acids is 1. The Balaban J connectivity index is 2.32. The molecule has 2 N–H and O–H groups in total. The fourth-order valence-corrected chi connectivity index (χ4v) is 2.23. The van der Waals surface area contributed by atoms with E-state index in [1.54, 1.807) is 0 Å². The summed E-state index contributed by atoms with van der Waals surface area (Å²) < 4.78 is 0. The highest BCUT2D eigenvalue weighted by molar-refractivity contribution is 5.79. The van der Waals surface area contributed by atoms with Crippen LogP contribution in [-0.4, -0.2) is 55.5 Å². The van der Waals surface area contributed by atoms with Crippen LogP contribution in [0.5, 0.6) is 0 Å². The zero-order chi connectivity index (χ0) is 13.0. The van der Waals surface area contributed by atoms with Gasteiger partial charge in [0.25, 0.3) is 0 Å². The second-order valence-corrected chi connectivity index (χ2v) is 5.70. The molecule has 1 aliphatic rings. The summed E-state index contributed by atoms with van der Waals surface area (Å²) in [7, 11) is 3.97. The average Bonchev–Trinajstić information content (AvgIpc) is 2.70. The molecule has 17 heavy (non-hydrogen) atoms. The van der Waals surface area contributed by atoms with Crippen LogP contribution in [0.25, 0.3) is 0 Å². The Morgan fingerprint density at radius 1 is 1.53 bits per heavy atom. The van der Waals surface area contributed by atoms with Gasteiger partial charge in [0.2, 0.25) is 5.91 Å². The van der Waals surface area contributed by atoms with E-state index in [0.29, 0.717) is 5.92 Å². The predicted octanol–water partition coefficient (Wildman–Crippen LogP) is 0.770. The molecule has 100 valence electrons. The third kappa shape index (κ3) is 4.28. The van der Waals surface area contributed by atoms with E-state index >= 15 is 0 Å². The van der Waals surface area contributed by atoms with Crippen LogP contribution in [0.3, 0.4) is 0 Å². The third-order valence-electron chi connectivity index (χ3n) is 3.77. The van der Waals surface area contributed by atoms with E-state index in [1.807, 2.05) is 11.9 Å². The number of hydrogen-bond donors (Lipinski definition) is 1. The zero-order valence-corrected chi connectivity index (χ0v) is 11.6. The van der Waals surface area contributed by atoms with Crippen LogP contribution >= 0.6 is 0 Å². The Morgan fingerprint density at radius 3 is 2.65 bits per heavy atom. The molecule has 0 aromatic carbocycles. The first-order valence-corrected chi connectivity index (χ1v) is 6.61. The normalized spacial score (nSPS) is 23.1. The third-order valence-corrected chi connectivity index (χ3v) is 3.77. The molecule has 4 nitrogen and oxygen atoms in total. The molecule has 0 saturated carbocycles. The molecule has 1 aliphatic heterocycles. The average molecular weight is 241 g/mol. The molecule has 2 atom stereocenters. The van der Waals surface area contributed by atoms with Crippen LogP contribution in [-0.2, 0) is 4.79 Å². The number of rotatable bonds is 5. The number of carbonyl (C=O) groups is 1. The lowest BCUT2D eigenvalue weighted by molar-refractivity contribution is -0.133. The summed E-state index contributed by atoms with van der Waals surface area (Å²) >= 11 is 0. The van der Waals surface area contributed by atoms with Crippen molar-refractivity contribution in [3.8, 4) is 0 Å². The van der Waals surface area contributed by atoms with Gasteiger partial charge in [0.1, 0.15) is 0 Å². The molecular formula is C13H27N3O. The minimum absolute atomic E-state index is 0.191. The highest BCUT2D eigenvalue weighted by atomic mass is 16.2. The fraction of sp³-hybridized carbons (Fsp3) is 0.923. The van der Waals surface area contributed by atoms with E-state index < -0.39 is 0 Å². The quantitative estimate of drug-likeness (QED) is 0.773. The largest absolute Gasteiger partial charge is 0.345 e. The number of amides is 1. The summed E-state index contributed by atoms with van der Waals surface area (Å²) in [6.07, 6.45) is 1.89. The van der Waals surface area contributed by atoms with Gasteiger partial charge in [0.05, 0.1) is 5.92 Å². The van der Waals surface area contributed by atoms with Crippen molar-refractivity contribution >= 4 is 5.91 Å². The second-order valence-electron chi connectivity index (χ2n) is 5.70. The van der Waals surface area contributed by atoms with Crippen molar-refractivity contribution in [3.63, 3.8) is 0 Å². The van der Waals surface area contributed by atoms with Crippen molar-refractivity contribution in [2.24, 2.45) is 17.6 Å². The van der Waals surface area contributed by atoms with Crippen molar-refractivity contribution < 1.29 is 4.79 Å². The molecule has 1 rings (SSSR count). The number of likely N-dealkylation sites (tertiary alicyclic amines) is 1. The topological polar surface area (TPSA) is 49.6 Å². The van der Waals surface area contributed by atoms with Gasteiger partial charge in [-0.05, 0) is 32.4 Å². The Kier molecular flexibility index (Phi) is 5.40. The van der Waals surface area contributed by atoms with Crippen LogP contribution in [0.15, 0.2) is 0 Å². The van der Waals surface area contributed by atoms with Gasteiger partial charge in [-0.1, -0.05) is 13.8 Å². The molecule has 0 radical (unpaired) electrons. The van der Waals surface area contributed by atoms with Gasteiger partial charge < -0.3 is 15.5 Å². The molecule has 4 heteroatoms. The van der Waals surface area contributed by atoms with Crippen LogP contribution in [0.4, 0.5) is 0 Å². The molecule has 1 amide bonds. The second kappa shape index (κ2) is 6.36. The summed E-state index contributed by atoms with van der Waals surface area (Å²) in [5.74, 6) is 0.960. The van der Waals surface area contributed by atoms with E-state index in [-0.39, 0.29) is 17.9 Å². The van der Waals surface area contributed by atoms with Crippen molar-refractivity contribution in [2.45, 2.75) is 32.7 Å². The van der Waals surface area contributed by atoms with Crippen LogP contribution in [0.2, 0.25) is 0 Å². The molecule has 0 aromatic heterocycles. The first-order valence-electron chi connectivity index (χ1n) is 6.61. The SMILES string of the molecule is CC(C)C(N)CCN(C)C(=O)C1CCN(C)C1. The standard InChI is InChI=1S/C13H27N3O/c1-10(2)12(14)6-8-16(4)13(17)11-5-7-15(3)9-11/h10-12H,5-9,14H2,1-4H3. The van der Waals surface area contributed by atoms with E-state index in [0.717, 1.165) is 32.5 Å². The smallest absolute Gasteiger partial charge is 0.226 e. The first kappa shape index (κ1) is 14.5. The number of hydrogen-bond acceptors (Lipinski definition) is 3. The highest BCUT2D eigenvalue weighted by Gasteiger charge is 2.28. The highest BCUT2D eigenvalue weighted by Crippen LogP contribution is 2.17. The van der Waals surface area contributed by atoms with Crippen molar-refractivity contribution in [1.29, 1.82) is 0 Å². The van der Waals surface area contributed by atoms with Gasteiger partial charge >= 0.3 is 0 Å². The maximum absolute atomic E-state index is 12.1. The molecule has 0 aliphatic carbocycles. The number of nitrogens with two attached hydrogens (primary N) is 1. The zero-order valence-electron chi connectivity index (χ0n) is 11.6. The summed E-state index contributed by atoms with van der Waals surface area (Å²) in [6, 6.07) is 0.191. The molecule has 0 bridgehead atoms. The van der Waals surface area contributed by atoms with Gasteiger partial charge in [0.15, 0.2) is 0 Å². The Morgan fingerprint density at radius 2 is 2.18 bits per heavy atom. The summed E-state index contributed by atoms with van der Waals surface area (Å²) in [5, 5.41) is 0. The first-order chi connectivity index (χ1) is 7.91. The predicted molar refractivity (Wildman–Crippen MR) is 70.7 cm³/mol. The molecule has 0 spiro atoms. The molecule has 1 fully saturated rings. The van der Waals surface area contributed by atoms with Crippen molar-refractivity contribution in [1.82, 2.24) is 9.80 Å². The van der Waals surface area contributed by atoms with Gasteiger partial charge in [-0.2, -0.15) is 0 Å². The van der Waals surface area contributed by atoms with E-state index in [4.69, 9.17) is 5.73 Å². The van der Waals surface area contributed by atoms with Gasteiger partial charge in [-0.25, -0.2) is 0 Å². The molecular weight excluding hydrogens is 214 g/mol. The maximum Gasteiger partial charge on any atom is 0.226 e. The lowest BCUT2D eigenvalue weighted by Gasteiger charge is -2.24. The number of nitrogens with zero attached hydrogens (tertiary/aromatic N) is 2. The van der Waals surface area contributed by atoms with Crippen molar-refractivity contribution in [2.75, 3.05) is 33.7 Å². The fourth-order valence-electron chi connectivity index (χ4n) is 2.23. The van der Waals surface area contributed by atoms with Gasteiger partial charge in [-0.15, -0.1) is 0 Å². The maximum atomic E-state index is 12.1. The molecule has 1 saturated heterocycles. The summed E-state index contributed by atoms with van der Waals surface area (Å²) in [5.41, 5.74) is 5.99. The van der Waals surface area contributed by atoms with Crippen molar-refractivity contribution in [3.05, 3.63) is 0 Å². The van der Waals surface area contributed by atoms with Crippen LogP contribution in [0.1, 0.15) is 26.7 Å². The lowest BCUT2D eigenvalue weighted by Crippen LogP contribution is -2.38. The van der Waals surface area contributed by atoms with E-state index in [1.165, 1.54) is 0 Å². The minimum atomic E-state index is 0.191. The molecule has 1 heterocycles. The lowest BCUT2D eigenvalue weighted by atomic mass is 10.0. The summed E-state index contributed by atoms with van der Waals surface area (Å²) in [6.45, 7) is 6.96. The Labute approximate surface area is 105 Å². The van der Waals surface area contributed by atoms with Gasteiger partial charge in [0, 0.05) is 26.2 Å². The molecule has 0 aromatic rings. The van der Waals surface area contributed by atoms with Gasteiger partial charge in [-0.3, -0.25) is 4.79 Å². The van der Waals surface area contributed by atoms with Crippen LogP contribution < -0.4 is 5.73 Å². The summed E-state index contributed by atoms with van der Waals surface area (Å²) in [4.78, 5) is 16.2. The molecule has 2 unspecified atom stereocenters. The van der Waals surface area contributed by atoms with Crippen LogP contribution in [0, 0.1) is 11.8 Å². The Hall–Kier alpha value is -0.610. The van der Waals surface area contributed by atoms with E-state index in [2.05, 4.69) is 25.8 Å². The Bertz CT molecular complexity index is 255. The monoisotopic (exact) mass is 241 g/mol. The van der Waals surface area contributed by atoms with E-state index in [9.17, 15) is 4.79 Å².